The van der Waals surface area contributed by atoms with Crippen LogP contribution in [0, 0.1) is 0 Å². The minimum atomic E-state index is -3.97. The van der Waals surface area contributed by atoms with E-state index >= 15 is 0 Å². The number of halogens is 2. The molecule has 0 saturated carbocycles. The molecule has 0 atom stereocenters. The van der Waals surface area contributed by atoms with Gasteiger partial charge >= 0.3 is 0 Å². The standard InChI is InChI=1S/C12H19F2N3O2S/c1-2-17(8-11-6-4-3-5-7-11)20(18,19)16-10-12(13,14)9-15/h3-7,16H,2,8-10,15H2,1H3. The Morgan fingerprint density at radius 3 is 2.40 bits per heavy atom. The van der Waals surface area contributed by atoms with Gasteiger partial charge in [0.2, 0.25) is 0 Å². The van der Waals surface area contributed by atoms with Crippen molar-refractivity contribution < 1.29 is 17.2 Å². The van der Waals surface area contributed by atoms with Crippen LogP contribution in [0.1, 0.15) is 12.5 Å². The number of hydrogen-bond donors (Lipinski definition) is 2. The zero-order valence-electron chi connectivity index (χ0n) is 11.2. The molecule has 114 valence electrons. The molecule has 8 heteroatoms. The van der Waals surface area contributed by atoms with Crippen molar-refractivity contribution in [1.82, 2.24) is 9.03 Å². The summed E-state index contributed by atoms with van der Waals surface area (Å²) in [6.45, 7) is 0.0417. The van der Waals surface area contributed by atoms with Crippen LogP contribution in [0.25, 0.3) is 0 Å². The predicted octanol–water partition coefficient (Wildman–Crippen LogP) is 0.937. The maximum atomic E-state index is 13.0. The molecule has 3 N–H and O–H groups in total. The SMILES string of the molecule is CCN(Cc1ccccc1)S(=O)(=O)NCC(F)(F)CN. The molecule has 5 nitrogen and oxygen atoms in total. The van der Waals surface area contributed by atoms with Crippen molar-refractivity contribution in [3.05, 3.63) is 35.9 Å². The number of hydrogen-bond acceptors (Lipinski definition) is 3. The highest BCUT2D eigenvalue weighted by atomic mass is 32.2. The van der Waals surface area contributed by atoms with Crippen LogP contribution in [0.3, 0.4) is 0 Å². The Balaban J connectivity index is 2.73. The zero-order valence-corrected chi connectivity index (χ0v) is 12.0. The minimum Gasteiger partial charge on any atom is -0.325 e. The molecule has 0 fully saturated rings. The summed E-state index contributed by atoms with van der Waals surface area (Å²) < 4.78 is 52.9. The average Bonchev–Trinajstić information content (AvgIpc) is 2.44. The molecule has 1 aromatic rings. The van der Waals surface area contributed by atoms with Crippen molar-refractivity contribution in [3.8, 4) is 0 Å². The van der Waals surface area contributed by atoms with E-state index < -0.39 is 29.2 Å². The summed E-state index contributed by atoms with van der Waals surface area (Å²) in [7, 11) is -3.97. The van der Waals surface area contributed by atoms with E-state index in [1.165, 1.54) is 0 Å². The van der Waals surface area contributed by atoms with E-state index in [0.29, 0.717) is 0 Å². The van der Waals surface area contributed by atoms with Crippen LogP contribution in [-0.4, -0.2) is 38.3 Å². The number of benzene rings is 1. The molecule has 0 amide bonds. The van der Waals surface area contributed by atoms with Gasteiger partial charge in [0.1, 0.15) is 0 Å². The number of nitrogens with zero attached hydrogens (tertiary/aromatic N) is 1. The molecule has 1 aromatic carbocycles. The van der Waals surface area contributed by atoms with Crippen LogP contribution in [0.4, 0.5) is 8.78 Å². The molecule has 0 saturated heterocycles. The van der Waals surface area contributed by atoms with Gasteiger partial charge in [-0.3, -0.25) is 0 Å². The lowest BCUT2D eigenvalue weighted by Gasteiger charge is -2.22. The van der Waals surface area contributed by atoms with Crippen LogP contribution in [0.2, 0.25) is 0 Å². The fraction of sp³-hybridized carbons (Fsp3) is 0.500. The van der Waals surface area contributed by atoms with Crippen molar-refractivity contribution in [3.63, 3.8) is 0 Å². The van der Waals surface area contributed by atoms with Gasteiger partial charge in [0, 0.05) is 13.1 Å². The van der Waals surface area contributed by atoms with Crippen molar-refractivity contribution in [2.75, 3.05) is 19.6 Å². The third-order valence-corrected chi connectivity index (χ3v) is 4.28. The quantitative estimate of drug-likeness (QED) is 0.750. The molecular formula is C12H19F2N3O2S. The Hall–Kier alpha value is -1.09. The van der Waals surface area contributed by atoms with Crippen LogP contribution < -0.4 is 10.5 Å². The van der Waals surface area contributed by atoms with Crippen molar-refractivity contribution in [2.24, 2.45) is 5.73 Å². The first-order valence-electron chi connectivity index (χ1n) is 6.17. The van der Waals surface area contributed by atoms with Crippen molar-refractivity contribution >= 4 is 10.2 Å². The van der Waals surface area contributed by atoms with Gasteiger partial charge in [0.05, 0.1) is 13.1 Å². The van der Waals surface area contributed by atoms with E-state index in [2.05, 4.69) is 0 Å². The van der Waals surface area contributed by atoms with Crippen molar-refractivity contribution in [1.29, 1.82) is 0 Å². The lowest BCUT2D eigenvalue weighted by Crippen LogP contribution is -2.47. The first-order valence-corrected chi connectivity index (χ1v) is 7.61. The summed E-state index contributed by atoms with van der Waals surface area (Å²) >= 11 is 0. The molecule has 0 aromatic heterocycles. The molecule has 0 aliphatic rings. The number of rotatable bonds is 8. The average molecular weight is 307 g/mol. The Morgan fingerprint density at radius 2 is 1.90 bits per heavy atom. The van der Waals surface area contributed by atoms with Gasteiger partial charge in [0.25, 0.3) is 16.1 Å². The highest BCUT2D eigenvalue weighted by Crippen LogP contribution is 2.12. The summed E-state index contributed by atoms with van der Waals surface area (Å²) in [5.41, 5.74) is 5.65. The zero-order chi connectivity index (χ0) is 15.2. The van der Waals surface area contributed by atoms with E-state index in [-0.39, 0.29) is 13.1 Å². The normalized spacial score (nSPS) is 12.8. The highest BCUT2D eigenvalue weighted by Gasteiger charge is 2.30. The van der Waals surface area contributed by atoms with Gasteiger partial charge < -0.3 is 5.73 Å². The highest BCUT2D eigenvalue weighted by molar-refractivity contribution is 7.87. The maximum absolute atomic E-state index is 13.0. The van der Waals surface area contributed by atoms with Gasteiger partial charge in [-0.2, -0.15) is 17.4 Å². The second-order valence-electron chi connectivity index (χ2n) is 4.30. The Kier molecular flexibility index (Phi) is 6.00. The van der Waals surface area contributed by atoms with Gasteiger partial charge in [-0.25, -0.2) is 8.78 Å². The fourth-order valence-corrected chi connectivity index (χ4v) is 2.75. The van der Waals surface area contributed by atoms with E-state index in [1.54, 1.807) is 31.2 Å². The number of alkyl halides is 2. The molecule has 0 unspecified atom stereocenters. The molecule has 20 heavy (non-hydrogen) atoms. The number of nitrogens with two attached hydrogens (primary N) is 1. The minimum absolute atomic E-state index is 0.126. The van der Waals surface area contributed by atoms with Gasteiger partial charge in [-0.15, -0.1) is 0 Å². The van der Waals surface area contributed by atoms with Gasteiger partial charge in [-0.05, 0) is 5.56 Å². The molecule has 0 bridgehead atoms. The molecule has 0 heterocycles. The molecule has 0 spiro atoms. The first kappa shape index (κ1) is 17.0. The maximum Gasteiger partial charge on any atom is 0.279 e. The third kappa shape index (κ3) is 5.12. The summed E-state index contributed by atoms with van der Waals surface area (Å²) in [4.78, 5) is 0. The van der Waals surface area contributed by atoms with Gasteiger partial charge in [0.15, 0.2) is 0 Å². The Morgan fingerprint density at radius 1 is 1.30 bits per heavy atom. The Labute approximate surface area is 117 Å². The largest absolute Gasteiger partial charge is 0.325 e. The summed E-state index contributed by atoms with van der Waals surface area (Å²) in [6, 6.07) is 8.92. The van der Waals surface area contributed by atoms with Crippen molar-refractivity contribution in [2.45, 2.75) is 19.4 Å². The fourth-order valence-electron chi connectivity index (χ4n) is 1.51. The van der Waals surface area contributed by atoms with E-state index in [0.717, 1.165) is 9.87 Å². The van der Waals surface area contributed by atoms with E-state index in [1.807, 2.05) is 10.8 Å². The topological polar surface area (TPSA) is 75.4 Å². The smallest absolute Gasteiger partial charge is 0.279 e. The summed E-state index contributed by atoms with van der Waals surface area (Å²) in [5, 5.41) is 0. The molecular weight excluding hydrogens is 288 g/mol. The van der Waals surface area contributed by atoms with Crippen LogP contribution in [-0.2, 0) is 16.8 Å². The molecule has 0 aliphatic heterocycles. The van der Waals surface area contributed by atoms with E-state index in [9.17, 15) is 17.2 Å². The lowest BCUT2D eigenvalue weighted by molar-refractivity contribution is 0.0166. The van der Waals surface area contributed by atoms with Crippen LogP contribution >= 0.6 is 0 Å². The third-order valence-electron chi connectivity index (χ3n) is 2.71. The molecule has 1 rings (SSSR count). The first-order chi connectivity index (χ1) is 9.30. The van der Waals surface area contributed by atoms with Crippen LogP contribution in [0.5, 0.6) is 0 Å². The predicted molar refractivity (Wildman–Crippen MR) is 73.4 cm³/mol. The monoisotopic (exact) mass is 307 g/mol. The second kappa shape index (κ2) is 7.07. The van der Waals surface area contributed by atoms with Gasteiger partial charge in [-0.1, -0.05) is 37.3 Å². The van der Waals surface area contributed by atoms with Crippen LogP contribution in [0.15, 0.2) is 30.3 Å². The van der Waals surface area contributed by atoms with E-state index in [4.69, 9.17) is 5.73 Å². The summed E-state index contributed by atoms with van der Waals surface area (Å²) in [5.74, 6) is -3.25. The second-order valence-corrected chi connectivity index (χ2v) is 6.05. The molecule has 0 aliphatic carbocycles. The lowest BCUT2D eigenvalue weighted by atomic mass is 10.2. The molecule has 0 radical (unpaired) electrons. The summed E-state index contributed by atoms with van der Waals surface area (Å²) in [6.07, 6.45) is 0. The Bertz CT molecular complexity index is 509. The number of nitrogens with one attached hydrogen (secondary N) is 1.